The number of rotatable bonds is 5. The fourth-order valence-electron chi connectivity index (χ4n) is 2.18. The van der Waals surface area contributed by atoms with Crippen LogP contribution in [-0.2, 0) is 4.79 Å². The molecule has 0 aliphatic heterocycles. The zero-order chi connectivity index (χ0) is 16.1. The van der Waals surface area contributed by atoms with Crippen molar-refractivity contribution < 1.29 is 14.6 Å². The highest BCUT2D eigenvalue weighted by Crippen LogP contribution is 2.16. The quantitative estimate of drug-likeness (QED) is 0.777. The topological polar surface area (TPSA) is 59.4 Å². The number of aliphatic carboxylic acids is 1. The number of aromatic nitrogens is 1. The van der Waals surface area contributed by atoms with Crippen LogP contribution in [0.25, 0.3) is 23.1 Å². The molecule has 2 aromatic carbocycles. The molecule has 0 unspecified atom stereocenters. The number of pyridine rings is 1. The van der Waals surface area contributed by atoms with Gasteiger partial charge < -0.3 is 9.84 Å². The number of para-hydroxylation sites is 1. The van der Waals surface area contributed by atoms with Crippen molar-refractivity contribution in [1.29, 1.82) is 0 Å². The highest BCUT2D eigenvalue weighted by Gasteiger charge is 1.99. The Bertz CT molecular complexity index is 854. The Morgan fingerprint density at radius 3 is 2.57 bits per heavy atom. The third-order valence-electron chi connectivity index (χ3n) is 3.31. The number of benzene rings is 2. The van der Waals surface area contributed by atoms with Crippen LogP contribution in [0, 0.1) is 0 Å². The summed E-state index contributed by atoms with van der Waals surface area (Å²) in [6.45, 7) is -0.337. The minimum Gasteiger partial charge on any atom is -0.482 e. The van der Waals surface area contributed by atoms with Gasteiger partial charge in [-0.05, 0) is 35.9 Å². The first-order valence-corrected chi connectivity index (χ1v) is 7.19. The van der Waals surface area contributed by atoms with Gasteiger partial charge in [-0.15, -0.1) is 0 Å². The molecule has 0 aliphatic carbocycles. The van der Waals surface area contributed by atoms with E-state index in [-0.39, 0.29) is 6.61 Å². The molecule has 4 heteroatoms. The molecule has 0 saturated carbocycles. The van der Waals surface area contributed by atoms with E-state index < -0.39 is 5.97 Å². The van der Waals surface area contributed by atoms with E-state index in [1.807, 2.05) is 60.7 Å². The van der Waals surface area contributed by atoms with Gasteiger partial charge in [0.25, 0.3) is 0 Å². The first-order chi connectivity index (χ1) is 11.2. The molecule has 1 aromatic heterocycles. The lowest BCUT2D eigenvalue weighted by Crippen LogP contribution is -2.09. The maximum atomic E-state index is 10.4. The Hall–Kier alpha value is -3.14. The lowest BCUT2D eigenvalue weighted by Gasteiger charge is -2.03. The summed E-state index contributed by atoms with van der Waals surface area (Å²) in [5.41, 5.74) is 2.84. The van der Waals surface area contributed by atoms with Gasteiger partial charge in [0.15, 0.2) is 6.61 Å². The molecule has 4 nitrogen and oxygen atoms in total. The number of nitrogens with zero attached hydrogens (tertiary/aromatic N) is 1. The summed E-state index contributed by atoms with van der Waals surface area (Å²) >= 11 is 0. The number of carbonyl (C=O) groups is 1. The molecule has 3 aromatic rings. The first-order valence-electron chi connectivity index (χ1n) is 7.19. The second-order valence-electron chi connectivity index (χ2n) is 5.01. The third-order valence-corrected chi connectivity index (χ3v) is 3.31. The van der Waals surface area contributed by atoms with Gasteiger partial charge in [0, 0.05) is 5.39 Å². The molecule has 0 radical (unpaired) electrons. The van der Waals surface area contributed by atoms with E-state index in [1.54, 1.807) is 12.1 Å². The lowest BCUT2D eigenvalue weighted by atomic mass is 10.1. The molecule has 1 N–H and O–H groups in total. The standard InChI is InChI=1S/C19H15NO3/c21-19(22)13-23-17-11-6-14(7-12-17)5-9-16-10-8-15-3-1-2-4-18(15)20-16/h1-12H,13H2,(H,21,22). The van der Waals surface area contributed by atoms with Gasteiger partial charge in [-0.1, -0.05) is 42.5 Å². The minimum absolute atomic E-state index is 0.337. The largest absolute Gasteiger partial charge is 0.482 e. The van der Waals surface area contributed by atoms with E-state index in [2.05, 4.69) is 4.98 Å². The molecule has 0 amide bonds. The smallest absolute Gasteiger partial charge is 0.341 e. The molecule has 23 heavy (non-hydrogen) atoms. The molecule has 0 saturated heterocycles. The van der Waals surface area contributed by atoms with Crippen LogP contribution >= 0.6 is 0 Å². The summed E-state index contributed by atoms with van der Waals surface area (Å²) in [6, 6.07) is 19.2. The number of carboxylic acid groups (broad SMARTS) is 1. The number of hydrogen-bond donors (Lipinski definition) is 1. The van der Waals surface area contributed by atoms with Crippen molar-refractivity contribution in [3.05, 3.63) is 71.9 Å². The highest BCUT2D eigenvalue weighted by atomic mass is 16.5. The molecule has 114 valence electrons. The summed E-state index contributed by atoms with van der Waals surface area (Å²) in [5.74, 6) is -0.454. The second-order valence-corrected chi connectivity index (χ2v) is 5.01. The average molecular weight is 305 g/mol. The van der Waals surface area contributed by atoms with Crippen molar-refractivity contribution in [3.63, 3.8) is 0 Å². The van der Waals surface area contributed by atoms with Crippen LogP contribution in [0.1, 0.15) is 11.3 Å². The van der Waals surface area contributed by atoms with Crippen LogP contribution in [0.5, 0.6) is 5.75 Å². The Labute approximate surface area is 133 Å². The SMILES string of the molecule is O=C(O)COc1ccc(C=Cc2ccc3ccccc3n2)cc1. The fourth-order valence-corrected chi connectivity index (χ4v) is 2.18. The minimum atomic E-state index is -0.989. The first kappa shape index (κ1) is 14.8. The van der Waals surface area contributed by atoms with Gasteiger partial charge in [-0.25, -0.2) is 9.78 Å². The van der Waals surface area contributed by atoms with Crippen LogP contribution < -0.4 is 4.74 Å². The molecule has 0 fully saturated rings. The second kappa shape index (κ2) is 6.75. The Balaban J connectivity index is 1.72. The number of hydrogen-bond acceptors (Lipinski definition) is 3. The molecule has 0 spiro atoms. The predicted octanol–water partition coefficient (Wildman–Crippen LogP) is 3.87. The number of fused-ring (bicyclic) bond motifs is 1. The van der Waals surface area contributed by atoms with Crippen LogP contribution in [0.2, 0.25) is 0 Å². The Morgan fingerprint density at radius 2 is 1.78 bits per heavy atom. The summed E-state index contributed by atoms with van der Waals surface area (Å²) in [5, 5.41) is 9.69. The van der Waals surface area contributed by atoms with Gasteiger partial charge in [-0.2, -0.15) is 0 Å². The van der Waals surface area contributed by atoms with E-state index in [4.69, 9.17) is 9.84 Å². The van der Waals surface area contributed by atoms with Crippen molar-refractivity contribution in [2.75, 3.05) is 6.61 Å². The molecule has 1 heterocycles. The number of ether oxygens (including phenoxy) is 1. The maximum absolute atomic E-state index is 10.4. The third kappa shape index (κ3) is 3.95. The average Bonchev–Trinajstić information content (AvgIpc) is 2.59. The van der Waals surface area contributed by atoms with Crippen molar-refractivity contribution in [2.24, 2.45) is 0 Å². The van der Waals surface area contributed by atoms with Gasteiger partial charge >= 0.3 is 5.97 Å². The van der Waals surface area contributed by atoms with Crippen molar-refractivity contribution in [2.45, 2.75) is 0 Å². The van der Waals surface area contributed by atoms with Crippen LogP contribution in [-0.4, -0.2) is 22.7 Å². The van der Waals surface area contributed by atoms with Crippen molar-refractivity contribution in [1.82, 2.24) is 4.98 Å². The van der Waals surface area contributed by atoms with Crippen LogP contribution in [0.15, 0.2) is 60.7 Å². The lowest BCUT2D eigenvalue weighted by molar-refractivity contribution is -0.139. The van der Waals surface area contributed by atoms with Crippen molar-refractivity contribution in [3.8, 4) is 5.75 Å². The van der Waals surface area contributed by atoms with E-state index >= 15 is 0 Å². The van der Waals surface area contributed by atoms with Crippen LogP contribution in [0.4, 0.5) is 0 Å². The maximum Gasteiger partial charge on any atom is 0.341 e. The molecule has 0 atom stereocenters. The van der Waals surface area contributed by atoms with Crippen LogP contribution in [0.3, 0.4) is 0 Å². The van der Waals surface area contributed by atoms with Gasteiger partial charge in [0.05, 0.1) is 11.2 Å². The molecule has 0 bridgehead atoms. The van der Waals surface area contributed by atoms with E-state index in [1.165, 1.54) is 0 Å². The molecular weight excluding hydrogens is 290 g/mol. The molecule has 3 rings (SSSR count). The predicted molar refractivity (Wildman–Crippen MR) is 90.2 cm³/mol. The normalized spacial score (nSPS) is 11.0. The van der Waals surface area contributed by atoms with E-state index in [0.29, 0.717) is 5.75 Å². The Kier molecular flexibility index (Phi) is 4.34. The monoisotopic (exact) mass is 305 g/mol. The van der Waals surface area contributed by atoms with Gasteiger partial charge in [-0.3, -0.25) is 0 Å². The fraction of sp³-hybridized carbons (Fsp3) is 0.0526. The van der Waals surface area contributed by atoms with E-state index in [0.717, 1.165) is 22.2 Å². The molecule has 0 aliphatic rings. The molecular formula is C19H15NO3. The summed E-state index contributed by atoms with van der Waals surface area (Å²) < 4.78 is 5.10. The highest BCUT2D eigenvalue weighted by molar-refractivity contribution is 5.80. The summed E-state index contributed by atoms with van der Waals surface area (Å²) in [7, 11) is 0. The van der Waals surface area contributed by atoms with Gasteiger partial charge in [0.1, 0.15) is 5.75 Å². The van der Waals surface area contributed by atoms with Gasteiger partial charge in [0.2, 0.25) is 0 Å². The van der Waals surface area contributed by atoms with E-state index in [9.17, 15) is 4.79 Å². The summed E-state index contributed by atoms with van der Waals surface area (Å²) in [6.07, 6.45) is 3.90. The Morgan fingerprint density at radius 1 is 1.00 bits per heavy atom. The zero-order valence-corrected chi connectivity index (χ0v) is 12.3. The summed E-state index contributed by atoms with van der Waals surface area (Å²) in [4.78, 5) is 15.0. The zero-order valence-electron chi connectivity index (χ0n) is 12.3. The number of carboxylic acids is 1. The van der Waals surface area contributed by atoms with Crippen molar-refractivity contribution >= 4 is 29.0 Å².